The molecule has 8 heteroatoms. The lowest BCUT2D eigenvalue weighted by Gasteiger charge is -2.12. The number of hydrogen-bond donors (Lipinski definition) is 1. The van der Waals surface area contributed by atoms with Crippen LogP contribution in [0.2, 0.25) is 0 Å². The molecular formula is C19H18N4O4. The summed E-state index contributed by atoms with van der Waals surface area (Å²) >= 11 is 0. The molecule has 0 radical (unpaired) electrons. The van der Waals surface area contributed by atoms with Crippen molar-refractivity contribution in [1.82, 2.24) is 9.78 Å². The standard InChI is InChI=1S/C19H18N4O4/c1-26-15-8-5-9-16(27-2)17(15)18-12-10-11-20-19(12)22(21-18)13-6-3-4-7-14(13)23(24)25/h3-9,20H,10-11H2,1-2H3. The van der Waals surface area contributed by atoms with Crippen LogP contribution in [0.15, 0.2) is 42.5 Å². The lowest BCUT2D eigenvalue weighted by atomic mass is 10.0. The van der Waals surface area contributed by atoms with Gasteiger partial charge in [-0.25, -0.2) is 4.68 Å². The number of aromatic nitrogens is 2. The van der Waals surface area contributed by atoms with Crippen molar-refractivity contribution in [3.63, 3.8) is 0 Å². The highest BCUT2D eigenvalue weighted by Crippen LogP contribution is 2.43. The second kappa shape index (κ2) is 6.64. The molecule has 0 saturated carbocycles. The molecule has 4 rings (SSSR count). The van der Waals surface area contributed by atoms with Crippen molar-refractivity contribution in [3.05, 3.63) is 58.1 Å². The topological polar surface area (TPSA) is 91.5 Å². The zero-order valence-corrected chi connectivity index (χ0v) is 14.9. The molecule has 0 aliphatic carbocycles. The van der Waals surface area contributed by atoms with Crippen molar-refractivity contribution in [3.8, 4) is 28.4 Å². The number of fused-ring (bicyclic) bond motifs is 1. The molecule has 0 spiro atoms. The molecule has 1 aromatic heterocycles. The molecule has 1 N–H and O–H groups in total. The second-order valence-electron chi connectivity index (χ2n) is 6.05. The Balaban J connectivity index is 1.98. The molecule has 0 fully saturated rings. The van der Waals surface area contributed by atoms with Gasteiger partial charge in [0.05, 0.1) is 24.7 Å². The Kier molecular flexibility index (Phi) is 4.15. The molecule has 0 saturated heterocycles. The molecule has 0 amide bonds. The summed E-state index contributed by atoms with van der Waals surface area (Å²) in [5, 5.41) is 19.5. The van der Waals surface area contributed by atoms with Gasteiger partial charge in [-0.1, -0.05) is 18.2 Å². The number of anilines is 1. The van der Waals surface area contributed by atoms with E-state index in [1.165, 1.54) is 6.07 Å². The lowest BCUT2D eigenvalue weighted by molar-refractivity contribution is -0.384. The van der Waals surface area contributed by atoms with Crippen LogP contribution in [0, 0.1) is 10.1 Å². The summed E-state index contributed by atoms with van der Waals surface area (Å²) in [7, 11) is 3.19. The predicted octanol–water partition coefficient (Wildman–Crippen LogP) is 3.43. The van der Waals surface area contributed by atoms with Gasteiger partial charge < -0.3 is 14.8 Å². The monoisotopic (exact) mass is 366 g/mol. The van der Waals surface area contributed by atoms with E-state index in [9.17, 15) is 10.1 Å². The Hall–Kier alpha value is -3.55. The average Bonchev–Trinajstić information content (AvgIpc) is 3.30. The first kappa shape index (κ1) is 16.9. The summed E-state index contributed by atoms with van der Waals surface area (Å²) in [6.45, 7) is 0.734. The first-order valence-electron chi connectivity index (χ1n) is 8.46. The fourth-order valence-electron chi connectivity index (χ4n) is 3.43. The maximum Gasteiger partial charge on any atom is 0.294 e. The zero-order valence-electron chi connectivity index (χ0n) is 14.9. The Labute approximate surface area is 155 Å². The summed E-state index contributed by atoms with van der Waals surface area (Å²) in [5.74, 6) is 2.03. The number of benzene rings is 2. The number of ether oxygens (including phenoxy) is 2. The number of methoxy groups -OCH3 is 2. The van der Waals surface area contributed by atoms with E-state index < -0.39 is 4.92 Å². The van der Waals surface area contributed by atoms with Gasteiger partial charge in [0.15, 0.2) is 0 Å². The van der Waals surface area contributed by atoms with Gasteiger partial charge in [0.25, 0.3) is 5.69 Å². The molecule has 1 aliphatic rings. The first-order valence-corrected chi connectivity index (χ1v) is 8.46. The van der Waals surface area contributed by atoms with Crippen LogP contribution in [0.3, 0.4) is 0 Å². The van der Waals surface area contributed by atoms with Gasteiger partial charge in [-0.15, -0.1) is 0 Å². The summed E-state index contributed by atoms with van der Waals surface area (Å²) in [4.78, 5) is 11.1. The average molecular weight is 366 g/mol. The lowest BCUT2D eigenvalue weighted by Crippen LogP contribution is -2.06. The molecule has 0 unspecified atom stereocenters. The summed E-state index contributed by atoms with van der Waals surface area (Å²) in [6, 6.07) is 12.1. The zero-order chi connectivity index (χ0) is 19.0. The fourth-order valence-corrected chi connectivity index (χ4v) is 3.43. The highest BCUT2D eigenvalue weighted by molar-refractivity contribution is 5.81. The molecule has 3 aromatic rings. The fraction of sp³-hybridized carbons (Fsp3) is 0.211. The molecule has 2 aromatic carbocycles. The SMILES string of the molecule is COc1cccc(OC)c1-c1nn(-c2ccccc2[N+](=O)[O-])c2c1CCN2. The molecule has 8 nitrogen and oxygen atoms in total. The predicted molar refractivity (Wildman–Crippen MR) is 101 cm³/mol. The van der Waals surface area contributed by atoms with E-state index in [-0.39, 0.29) is 5.69 Å². The molecule has 2 heterocycles. The number of para-hydroxylation sites is 2. The van der Waals surface area contributed by atoms with E-state index in [0.29, 0.717) is 22.9 Å². The van der Waals surface area contributed by atoms with Crippen LogP contribution in [0.4, 0.5) is 11.5 Å². The molecule has 0 atom stereocenters. The van der Waals surface area contributed by atoms with Crippen LogP contribution in [0.25, 0.3) is 16.9 Å². The van der Waals surface area contributed by atoms with Crippen LogP contribution in [-0.4, -0.2) is 35.5 Å². The van der Waals surface area contributed by atoms with E-state index in [2.05, 4.69) is 5.32 Å². The van der Waals surface area contributed by atoms with Crippen molar-refractivity contribution >= 4 is 11.5 Å². The normalized spacial score (nSPS) is 12.4. The summed E-state index contributed by atoms with van der Waals surface area (Å²) in [6.07, 6.45) is 0.756. The third kappa shape index (κ3) is 2.66. The van der Waals surface area contributed by atoms with Crippen LogP contribution in [0.5, 0.6) is 11.5 Å². The van der Waals surface area contributed by atoms with Gasteiger partial charge in [-0.3, -0.25) is 10.1 Å². The van der Waals surface area contributed by atoms with Crippen LogP contribution >= 0.6 is 0 Å². The number of nitrogens with zero attached hydrogens (tertiary/aromatic N) is 3. The van der Waals surface area contributed by atoms with Gasteiger partial charge in [0.1, 0.15) is 28.7 Å². The van der Waals surface area contributed by atoms with E-state index in [1.807, 2.05) is 18.2 Å². The van der Waals surface area contributed by atoms with E-state index >= 15 is 0 Å². The minimum absolute atomic E-state index is 0.00459. The smallest absolute Gasteiger partial charge is 0.294 e. The molecule has 138 valence electrons. The number of nitrogens with one attached hydrogen (secondary N) is 1. The molecule has 1 aliphatic heterocycles. The third-order valence-corrected chi connectivity index (χ3v) is 4.62. The van der Waals surface area contributed by atoms with Crippen molar-refractivity contribution in [2.45, 2.75) is 6.42 Å². The maximum absolute atomic E-state index is 11.5. The Bertz CT molecular complexity index is 1010. The maximum atomic E-state index is 11.5. The van der Waals surface area contributed by atoms with E-state index in [0.717, 1.165) is 29.9 Å². The largest absolute Gasteiger partial charge is 0.496 e. The van der Waals surface area contributed by atoms with Crippen LogP contribution < -0.4 is 14.8 Å². The summed E-state index contributed by atoms with van der Waals surface area (Å²) in [5.41, 5.74) is 2.82. The first-order chi connectivity index (χ1) is 13.2. The van der Waals surface area contributed by atoms with Crippen LogP contribution in [-0.2, 0) is 6.42 Å². The molecular weight excluding hydrogens is 348 g/mol. The minimum Gasteiger partial charge on any atom is -0.496 e. The quantitative estimate of drug-likeness (QED) is 0.549. The number of nitro groups is 1. The van der Waals surface area contributed by atoms with Crippen molar-refractivity contribution in [2.75, 3.05) is 26.1 Å². The molecule has 0 bridgehead atoms. The van der Waals surface area contributed by atoms with Gasteiger partial charge in [-0.05, 0) is 24.6 Å². The Morgan fingerprint density at radius 2 is 1.81 bits per heavy atom. The number of rotatable bonds is 5. The van der Waals surface area contributed by atoms with Crippen molar-refractivity contribution < 1.29 is 14.4 Å². The van der Waals surface area contributed by atoms with Gasteiger partial charge in [0, 0.05) is 18.2 Å². The summed E-state index contributed by atoms with van der Waals surface area (Å²) < 4.78 is 12.6. The van der Waals surface area contributed by atoms with Crippen molar-refractivity contribution in [1.29, 1.82) is 0 Å². The Morgan fingerprint density at radius 3 is 2.48 bits per heavy atom. The second-order valence-corrected chi connectivity index (χ2v) is 6.05. The minimum atomic E-state index is -0.401. The van der Waals surface area contributed by atoms with Gasteiger partial charge in [0.2, 0.25) is 0 Å². The van der Waals surface area contributed by atoms with Gasteiger partial charge >= 0.3 is 0 Å². The third-order valence-electron chi connectivity index (χ3n) is 4.62. The van der Waals surface area contributed by atoms with E-state index in [4.69, 9.17) is 14.6 Å². The molecule has 27 heavy (non-hydrogen) atoms. The highest BCUT2D eigenvalue weighted by Gasteiger charge is 2.29. The van der Waals surface area contributed by atoms with Crippen molar-refractivity contribution in [2.24, 2.45) is 0 Å². The van der Waals surface area contributed by atoms with Gasteiger partial charge in [-0.2, -0.15) is 5.10 Å². The highest BCUT2D eigenvalue weighted by atomic mass is 16.6. The number of hydrogen-bond acceptors (Lipinski definition) is 6. The Morgan fingerprint density at radius 1 is 1.11 bits per heavy atom. The number of nitro benzene ring substituents is 1. The van der Waals surface area contributed by atoms with E-state index in [1.54, 1.807) is 37.1 Å². The van der Waals surface area contributed by atoms with Crippen LogP contribution in [0.1, 0.15) is 5.56 Å².